The van der Waals surface area contributed by atoms with Crippen LogP contribution >= 0.6 is 0 Å². The van der Waals surface area contributed by atoms with Gasteiger partial charge in [0.2, 0.25) is 15.9 Å². The Labute approximate surface area is 191 Å². The molecule has 0 aliphatic carbocycles. The van der Waals surface area contributed by atoms with Crippen molar-refractivity contribution in [2.75, 3.05) is 30.3 Å². The summed E-state index contributed by atoms with van der Waals surface area (Å²) in [6.07, 6.45) is 3.60. The second kappa shape index (κ2) is 10.8. The molecule has 7 nitrogen and oxygen atoms in total. The third-order valence-corrected chi connectivity index (χ3v) is 6.80. The number of hydrogen-bond donors (Lipinski definition) is 1. The highest BCUT2D eigenvalue weighted by atomic mass is 32.2. The minimum Gasteiger partial charge on any atom is -0.494 e. The lowest BCUT2D eigenvalue weighted by atomic mass is 10.1. The second-order valence-electron chi connectivity index (χ2n) is 8.18. The molecule has 1 fully saturated rings. The summed E-state index contributed by atoms with van der Waals surface area (Å²) < 4.78 is 31.5. The van der Waals surface area contributed by atoms with E-state index in [1.807, 2.05) is 19.1 Å². The summed E-state index contributed by atoms with van der Waals surface area (Å²) in [5.74, 6) is 0.296. The Balaban J connectivity index is 1.66. The third-order valence-electron chi connectivity index (χ3n) is 5.55. The van der Waals surface area contributed by atoms with E-state index in [2.05, 4.69) is 22.3 Å². The number of sulfonamides is 1. The molecule has 1 heterocycles. The fourth-order valence-electron chi connectivity index (χ4n) is 4.04. The standard InChI is InChI=1S/C24H33N3O4S/c1-4-31-23-12-10-22(11-13-23)27(32(3,29)30)19(2)24(28)25-17-20-8-7-9-21(16-20)18-26-14-5-6-15-26/h7-13,16,19H,4-6,14-15,17-18H2,1-3H3,(H,25,28)/t19-/m0/s1. The molecule has 1 aliphatic rings. The van der Waals surface area contributed by atoms with Gasteiger partial charge in [-0.3, -0.25) is 14.0 Å². The van der Waals surface area contributed by atoms with Crippen molar-refractivity contribution in [3.8, 4) is 5.75 Å². The number of ether oxygens (including phenoxy) is 1. The predicted molar refractivity (Wildman–Crippen MR) is 127 cm³/mol. The van der Waals surface area contributed by atoms with Gasteiger partial charge < -0.3 is 10.1 Å². The summed E-state index contributed by atoms with van der Waals surface area (Å²) in [6, 6.07) is 14.0. The summed E-state index contributed by atoms with van der Waals surface area (Å²) in [5.41, 5.74) is 2.64. The molecule has 1 atom stereocenters. The van der Waals surface area contributed by atoms with Gasteiger partial charge in [0.25, 0.3) is 0 Å². The Morgan fingerprint density at radius 3 is 2.41 bits per heavy atom. The van der Waals surface area contributed by atoms with Crippen LogP contribution in [-0.2, 0) is 27.9 Å². The summed E-state index contributed by atoms with van der Waals surface area (Å²) in [4.78, 5) is 15.3. The number of carbonyl (C=O) groups is 1. The Bertz CT molecular complexity index is 1000. The zero-order valence-electron chi connectivity index (χ0n) is 19.1. The first kappa shape index (κ1) is 24.1. The number of anilines is 1. The van der Waals surface area contributed by atoms with Crippen LogP contribution in [0.3, 0.4) is 0 Å². The van der Waals surface area contributed by atoms with Crippen LogP contribution < -0.4 is 14.4 Å². The molecule has 0 bridgehead atoms. The van der Waals surface area contributed by atoms with Crippen molar-refractivity contribution in [1.29, 1.82) is 0 Å². The maximum Gasteiger partial charge on any atom is 0.243 e. The van der Waals surface area contributed by atoms with Crippen molar-refractivity contribution >= 4 is 21.6 Å². The monoisotopic (exact) mass is 459 g/mol. The topological polar surface area (TPSA) is 79.0 Å². The van der Waals surface area contributed by atoms with Crippen LogP contribution in [-0.4, -0.2) is 51.2 Å². The summed E-state index contributed by atoms with van der Waals surface area (Å²) in [7, 11) is -3.66. The first-order valence-electron chi connectivity index (χ1n) is 11.1. The van der Waals surface area contributed by atoms with Crippen LogP contribution in [0.25, 0.3) is 0 Å². The summed E-state index contributed by atoms with van der Waals surface area (Å²) >= 11 is 0. The van der Waals surface area contributed by atoms with Crippen LogP contribution in [0.2, 0.25) is 0 Å². The predicted octanol–water partition coefficient (Wildman–Crippen LogP) is 3.15. The van der Waals surface area contributed by atoms with Crippen LogP contribution in [0.4, 0.5) is 5.69 Å². The fraction of sp³-hybridized carbons (Fsp3) is 0.458. The van der Waals surface area contributed by atoms with E-state index in [1.54, 1.807) is 31.2 Å². The molecule has 0 spiro atoms. The number of nitrogens with zero attached hydrogens (tertiary/aromatic N) is 2. The van der Waals surface area contributed by atoms with Gasteiger partial charge in [-0.2, -0.15) is 0 Å². The van der Waals surface area contributed by atoms with Crippen LogP contribution in [0, 0.1) is 0 Å². The van der Waals surface area contributed by atoms with E-state index in [9.17, 15) is 13.2 Å². The van der Waals surface area contributed by atoms with Gasteiger partial charge in [0.1, 0.15) is 11.8 Å². The van der Waals surface area contributed by atoms with E-state index in [1.165, 1.54) is 18.4 Å². The average Bonchev–Trinajstić information content (AvgIpc) is 3.26. The molecule has 0 saturated carbocycles. The minimum atomic E-state index is -3.66. The maximum atomic E-state index is 12.9. The largest absolute Gasteiger partial charge is 0.494 e. The lowest BCUT2D eigenvalue weighted by molar-refractivity contribution is -0.122. The third kappa shape index (κ3) is 6.46. The molecule has 0 radical (unpaired) electrons. The van der Waals surface area contributed by atoms with Crippen molar-refractivity contribution in [2.24, 2.45) is 0 Å². The normalized spacial score (nSPS) is 15.3. The lowest BCUT2D eigenvalue weighted by Crippen LogP contribution is -2.47. The van der Waals surface area contributed by atoms with E-state index in [-0.39, 0.29) is 5.91 Å². The Morgan fingerprint density at radius 2 is 1.78 bits per heavy atom. The smallest absolute Gasteiger partial charge is 0.243 e. The molecule has 174 valence electrons. The van der Waals surface area contributed by atoms with E-state index in [0.29, 0.717) is 24.6 Å². The molecule has 1 aliphatic heterocycles. The summed E-state index contributed by atoms with van der Waals surface area (Å²) in [5, 5.41) is 2.89. The van der Waals surface area contributed by atoms with Gasteiger partial charge in [-0.05, 0) is 75.2 Å². The highest BCUT2D eigenvalue weighted by Crippen LogP contribution is 2.24. The fourth-order valence-corrected chi connectivity index (χ4v) is 5.21. The zero-order chi connectivity index (χ0) is 23.1. The van der Waals surface area contributed by atoms with Gasteiger partial charge in [-0.25, -0.2) is 8.42 Å². The SMILES string of the molecule is CCOc1ccc(N([C@@H](C)C(=O)NCc2cccc(CN3CCCC3)c2)S(C)(=O)=O)cc1. The van der Waals surface area contributed by atoms with E-state index in [4.69, 9.17) is 4.74 Å². The molecule has 2 aromatic carbocycles. The number of benzene rings is 2. The zero-order valence-corrected chi connectivity index (χ0v) is 19.9. The number of hydrogen-bond acceptors (Lipinski definition) is 5. The second-order valence-corrected chi connectivity index (χ2v) is 10.0. The molecular weight excluding hydrogens is 426 g/mol. The molecule has 1 amide bonds. The Kier molecular flexibility index (Phi) is 8.15. The highest BCUT2D eigenvalue weighted by Gasteiger charge is 2.29. The number of carbonyl (C=O) groups excluding carboxylic acids is 1. The number of likely N-dealkylation sites (tertiary alicyclic amines) is 1. The molecule has 1 N–H and O–H groups in total. The molecule has 3 rings (SSSR count). The van der Waals surface area contributed by atoms with Crippen molar-refractivity contribution < 1.29 is 17.9 Å². The molecular formula is C24H33N3O4S. The molecule has 8 heteroatoms. The molecule has 2 aromatic rings. The first-order valence-corrected chi connectivity index (χ1v) is 12.9. The van der Waals surface area contributed by atoms with Gasteiger partial charge in [0.05, 0.1) is 18.6 Å². The molecule has 1 saturated heterocycles. The number of rotatable bonds is 10. The highest BCUT2D eigenvalue weighted by molar-refractivity contribution is 7.92. The van der Waals surface area contributed by atoms with Gasteiger partial charge in [-0.15, -0.1) is 0 Å². The maximum absolute atomic E-state index is 12.9. The van der Waals surface area contributed by atoms with Crippen LogP contribution in [0.15, 0.2) is 48.5 Å². The van der Waals surface area contributed by atoms with Crippen LogP contribution in [0.5, 0.6) is 5.75 Å². The van der Waals surface area contributed by atoms with Crippen molar-refractivity contribution in [3.05, 3.63) is 59.7 Å². The average molecular weight is 460 g/mol. The van der Waals surface area contributed by atoms with E-state index < -0.39 is 16.1 Å². The van der Waals surface area contributed by atoms with Gasteiger partial charge >= 0.3 is 0 Å². The van der Waals surface area contributed by atoms with Crippen molar-refractivity contribution in [2.45, 2.75) is 45.8 Å². The molecule has 0 aromatic heterocycles. The lowest BCUT2D eigenvalue weighted by Gasteiger charge is -2.28. The van der Waals surface area contributed by atoms with Gasteiger partial charge in [0, 0.05) is 13.1 Å². The quantitative estimate of drug-likeness (QED) is 0.591. The molecule has 0 unspecified atom stereocenters. The first-order chi connectivity index (χ1) is 15.3. The van der Waals surface area contributed by atoms with Gasteiger partial charge in [-0.1, -0.05) is 24.3 Å². The summed E-state index contributed by atoms with van der Waals surface area (Å²) in [6.45, 7) is 7.52. The number of amides is 1. The number of nitrogens with one attached hydrogen (secondary N) is 1. The van der Waals surface area contributed by atoms with Crippen LogP contribution in [0.1, 0.15) is 37.8 Å². The molecule has 32 heavy (non-hydrogen) atoms. The van der Waals surface area contributed by atoms with E-state index in [0.717, 1.165) is 35.8 Å². The minimum absolute atomic E-state index is 0.345. The van der Waals surface area contributed by atoms with Crippen molar-refractivity contribution in [1.82, 2.24) is 10.2 Å². The Hall–Kier alpha value is -2.58. The van der Waals surface area contributed by atoms with E-state index >= 15 is 0 Å². The van der Waals surface area contributed by atoms with Crippen molar-refractivity contribution in [3.63, 3.8) is 0 Å². The Morgan fingerprint density at radius 1 is 1.12 bits per heavy atom. The van der Waals surface area contributed by atoms with Gasteiger partial charge in [0.15, 0.2) is 0 Å².